The van der Waals surface area contributed by atoms with Gasteiger partial charge in [-0.05, 0) is 36.6 Å². The summed E-state index contributed by atoms with van der Waals surface area (Å²) in [7, 11) is 1.79. The number of rotatable bonds is 8. The number of nitrogens with zero attached hydrogens (tertiary/aromatic N) is 5. The highest BCUT2D eigenvalue weighted by molar-refractivity contribution is 5.86. The molecule has 0 spiro atoms. The van der Waals surface area contributed by atoms with Gasteiger partial charge in [-0.25, -0.2) is 14.8 Å². The minimum Gasteiger partial charge on any atom is -0.476 e. The molecular formula is C23H25N5O2. The number of carbonyl (C=O) groups is 1. The average molecular weight is 403 g/mol. The second-order valence-corrected chi connectivity index (χ2v) is 7.88. The van der Waals surface area contributed by atoms with Gasteiger partial charge >= 0.3 is 5.97 Å². The third-order valence-electron chi connectivity index (χ3n) is 5.53. The third-order valence-corrected chi connectivity index (χ3v) is 5.53. The normalized spacial score (nSPS) is 20.3. The first kappa shape index (κ1) is 19.8. The molecule has 0 bridgehead atoms. The van der Waals surface area contributed by atoms with Crippen molar-refractivity contribution >= 4 is 30.8 Å². The lowest BCUT2D eigenvalue weighted by molar-refractivity contribution is -0.132. The molecule has 1 aromatic carbocycles. The molecule has 2 aromatic rings. The SMILES string of the molecule is C=N/C(=C\N(C)Cc1cnc(N2CC3CC3C2)nc1/C=C/c1ccccc1)C(=O)O. The predicted molar refractivity (Wildman–Crippen MR) is 118 cm³/mol. The van der Waals surface area contributed by atoms with E-state index in [0.29, 0.717) is 6.54 Å². The molecule has 1 saturated heterocycles. The van der Waals surface area contributed by atoms with Crippen molar-refractivity contribution < 1.29 is 9.90 Å². The maximum atomic E-state index is 11.2. The quantitative estimate of drug-likeness (QED) is 0.539. The van der Waals surface area contributed by atoms with Crippen molar-refractivity contribution in [1.29, 1.82) is 0 Å². The van der Waals surface area contributed by atoms with E-state index >= 15 is 0 Å². The fourth-order valence-electron chi connectivity index (χ4n) is 3.82. The lowest BCUT2D eigenvalue weighted by Gasteiger charge is -2.20. The van der Waals surface area contributed by atoms with Gasteiger partial charge in [0.25, 0.3) is 0 Å². The van der Waals surface area contributed by atoms with Gasteiger partial charge in [-0.2, -0.15) is 0 Å². The summed E-state index contributed by atoms with van der Waals surface area (Å²) in [4.78, 5) is 28.2. The summed E-state index contributed by atoms with van der Waals surface area (Å²) in [5.74, 6) is 1.25. The van der Waals surface area contributed by atoms with Gasteiger partial charge in [0.15, 0.2) is 5.70 Å². The predicted octanol–water partition coefficient (Wildman–Crippen LogP) is 3.16. The molecule has 0 radical (unpaired) electrons. The topological polar surface area (TPSA) is 81.9 Å². The molecule has 2 unspecified atom stereocenters. The second-order valence-electron chi connectivity index (χ2n) is 7.88. The van der Waals surface area contributed by atoms with Crippen molar-refractivity contribution in [2.75, 3.05) is 25.0 Å². The smallest absolute Gasteiger partial charge is 0.355 e. The molecule has 2 aliphatic rings. The molecule has 30 heavy (non-hydrogen) atoms. The fourth-order valence-corrected chi connectivity index (χ4v) is 3.82. The Morgan fingerprint density at radius 2 is 2.03 bits per heavy atom. The van der Waals surface area contributed by atoms with Crippen molar-refractivity contribution in [2.45, 2.75) is 13.0 Å². The summed E-state index contributed by atoms with van der Waals surface area (Å²) in [5.41, 5.74) is 2.71. The minimum atomic E-state index is -1.11. The van der Waals surface area contributed by atoms with Crippen LogP contribution in [0.5, 0.6) is 0 Å². The minimum absolute atomic E-state index is 0.104. The van der Waals surface area contributed by atoms with Crippen LogP contribution in [0.15, 0.2) is 53.4 Å². The van der Waals surface area contributed by atoms with Crippen molar-refractivity contribution in [3.05, 3.63) is 65.2 Å². The molecule has 1 N–H and O–H groups in total. The summed E-state index contributed by atoms with van der Waals surface area (Å²) >= 11 is 0. The number of carboxylic acids is 1. The number of anilines is 1. The molecule has 154 valence electrons. The first-order valence-corrected chi connectivity index (χ1v) is 9.99. The molecule has 7 heteroatoms. The Morgan fingerprint density at radius 1 is 1.30 bits per heavy atom. The number of fused-ring (bicyclic) bond motifs is 1. The zero-order valence-electron chi connectivity index (χ0n) is 17.0. The van der Waals surface area contributed by atoms with Crippen molar-refractivity contribution in [1.82, 2.24) is 14.9 Å². The Balaban J connectivity index is 1.60. The van der Waals surface area contributed by atoms with Gasteiger partial charge < -0.3 is 14.9 Å². The van der Waals surface area contributed by atoms with Crippen LogP contribution in [0.2, 0.25) is 0 Å². The lowest BCUT2D eigenvalue weighted by atomic mass is 10.1. The zero-order valence-corrected chi connectivity index (χ0v) is 17.0. The van der Waals surface area contributed by atoms with Crippen LogP contribution in [0.4, 0.5) is 5.95 Å². The molecule has 1 saturated carbocycles. The van der Waals surface area contributed by atoms with Gasteiger partial charge in [-0.15, -0.1) is 0 Å². The lowest BCUT2D eigenvalue weighted by Crippen LogP contribution is -2.25. The monoisotopic (exact) mass is 403 g/mol. The number of hydrogen-bond donors (Lipinski definition) is 1. The first-order valence-electron chi connectivity index (χ1n) is 9.99. The Labute approximate surface area is 176 Å². The summed E-state index contributed by atoms with van der Waals surface area (Å²) in [6.07, 6.45) is 8.65. The van der Waals surface area contributed by atoms with Crippen LogP contribution in [0.25, 0.3) is 12.2 Å². The Kier molecular flexibility index (Phi) is 5.61. The summed E-state index contributed by atoms with van der Waals surface area (Å²) in [6, 6.07) is 10.1. The van der Waals surface area contributed by atoms with Crippen LogP contribution in [-0.2, 0) is 11.3 Å². The van der Waals surface area contributed by atoms with E-state index in [2.05, 4.69) is 21.6 Å². The Morgan fingerprint density at radius 3 is 2.70 bits per heavy atom. The summed E-state index contributed by atoms with van der Waals surface area (Å²) in [5, 5.41) is 9.17. The number of carboxylic acid groups (broad SMARTS) is 1. The maximum Gasteiger partial charge on any atom is 0.355 e. The Bertz CT molecular complexity index is 992. The van der Waals surface area contributed by atoms with Gasteiger partial charge in [0, 0.05) is 44.6 Å². The second kappa shape index (κ2) is 8.49. The maximum absolute atomic E-state index is 11.2. The molecule has 1 aliphatic carbocycles. The number of aliphatic carboxylic acids is 1. The van der Waals surface area contributed by atoms with Crippen molar-refractivity contribution in [2.24, 2.45) is 16.8 Å². The van der Waals surface area contributed by atoms with Gasteiger partial charge in [0.05, 0.1) is 5.69 Å². The van der Waals surface area contributed by atoms with E-state index in [1.807, 2.05) is 48.7 Å². The third kappa shape index (κ3) is 4.56. The number of benzene rings is 1. The van der Waals surface area contributed by atoms with E-state index in [4.69, 9.17) is 10.1 Å². The van der Waals surface area contributed by atoms with Crippen LogP contribution < -0.4 is 4.90 Å². The fraction of sp³-hybridized carbons (Fsp3) is 0.304. The van der Waals surface area contributed by atoms with Crippen LogP contribution in [0.3, 0.4) is 0 Å². The van der Waals surface area contributed by atoms with E-state index in [-0.39, 0.29) is 5.70 Å². The average Bonchev–Trinajstić information content (AvgIpc) is 3.36. The summed E-state index contributed by atoms with van der Waals surface area (Å²) in [6.45, 7) is 5.83. The van der Waals surface area contributed by atoms with Gasteiger partial charge in [0.2, 0.25) is 5.95 Å². The highest BCUT2D eigenvalue weighted by Crippen LogP contribution is 2.45. The number of aromatic nitrogens is 2. The summed E-state index contributed by atoms with van der Waals surface area (Å²) < 4.78 is 0. The van der Waals surface area contributed by atoms with Crippen LogP contribution in [0, 0.1) is 11.8 Å². The molecule has 1 aliphatic heterocycles. The zero-order chi connectivity index (χ0) is 21.1. The molecule has 2 fully saturated rings. The first-order chi connectivity index (χ1) is 14.5. The standard InChI is InChI=1S/C23H25N5O2/c1-24-21(22(29)30)15-27(2)12-19-11-25-23(28-13-17-10-18(17)14-28)26-20(19)9-8-16-6-4-3-5-7-16/h3-9,11,15,17-18H,1,10,12-14H2,2H3,(H,29,30)/b9-8+,21-15-. The molecule has 2 atom stereocenters. The van der Waals surface area contributed by atoms with E-state index in [1.165, 1.54) is 12.6 Å². The molecule has 4 rings (SSSR count). The molecule has 0 amide bonds. The van der Waals surface area contributed by atoms with Crippen LogP contribution >= 0.6 is 0 Å². The number of piperidine rings is 1. The van der Waals surface area contributed by atoms with E-state index in [0.717, 1.165) is 47.7 Å². The highest BCUT2D eigenvalue weighted by atomic mass is 16.4. The molecular weight excluding hydrogens is 378 g/mol. The van der Waals surface area contributed by atoms with E-state index in [1.54, 1.807) is 11.9 Å². The number of hydrogen-bond acceptors (Lipinski definition) is 6. The molecule has 2 heterocycles. The van der Waals surface area contributed by atoms with Crippen molar-refractivity contribution in [3.8, 4) is 0 Å². The van der Waals surface area contributed by atoms with E-state index < -0.39 is 5.97 Å². The largest absolute Gasteiger partial charge is 0.476 e. The van der Waals surface area contributed by atoms with Gasteiger partial charge in [0.1, 0.15) is 0 Å². The molecule has 1 aromatic heterocycles. The van der Waals surface area contributed by atoms with E-state index in [9.17, 15) is 4.79 Å². The molecule has 7 nitrogen and oxygen atoms in total. The Hall–Kier alpha value is -3.48. The van der Waals surface area contributed by atoms with Crippen LogP contribution in [0.1, 0.15) is 23.2 Å². The highest BCUT2D eigenvalue weighted by Gasteiger charge is 2.45. The van der Waals surface area contributed by atoms with Crippen LogP contribution in [-0.4, -0.2) is 52.8 Å². The number of aliphatic imine (C=N–C) groups is 1. The van der Waals surface area contributed by atoms with Gasteiger partial charge in [-0.3, -0.25) is 4.99 Å². The van der Waals surface area contributed by atoms with Crippen molar-refractivity contribution in [3.63, 3.8) is 0 Å². The van der Waals surface area contributed by atoms with Gasteiger partial charge in [-0.1, -0.05) is 36.4 Å².